The molecule has 0 spiro atoms. The van der Waals surface area contributed by atoms with Gasteiger partial charge in [-0.15, -0.1) is 0 Å². The maximum absolute atomic E-state index is 5.67. The highest BCUT2D eigenvalue weighted by Crippen LogP contribution is 2.18. The molecule has 0 aliphatic carbocycles. The highest BCUT2D eigenvalue weighted by Gasteiger charge is 2.21. The highest BCUT2D eigenvalue weighted by atomic mass is 16.5. The van der Waals surface area contributed by atoms with E-state index >= 15 is 0 Å². The number of likely N-dealkylation sites (N-methyl/N-ethyl adjacent to an activating group) is 1. The van der Waals surface area contributed by atoms with Crippen LogP contribution in [-0.4, -0.2) is 56.0 Å². The third-order valence-electron chi connectivity index (χ3n) is 2.81. The number of anilines is 1. The van der Waals surface area contributed by atoms with Crippen LogP contribution in [0.5, 0.6) is 5.88 Å². The van der Waals surface area contributed by atoms with Crippen molar-refractivity contribution in [3.05, 3.63) is 12.4 Å². The fourth-order valence-corrected chi connectivity index (χ4v) is 2.01. The van der Waals surface area contributed by atoms with Gasteiger partial charge in [0.15, 0.2) is 0 Å². The molecule has 0 bridgehead atoms. The molecule has 0 saturated carbocycles. The van der Waals surface area contributed by atoms with Crippen molar-refractivity contribution in [2.24, 2.45) is 0 Å². The van der Waals surface area contributed by atoms with Crippen molar-refractivity contribution in [1.29, 1.82) is 0 Å². The molecular formula is C12H20N4O2. The summed E-state index contributed by atoms with van der Waals surface area (Å²) in [6.07, 6.45) is 1.75. The van der Waals surface area contributed by atoms with Gasteiger partial charge in [-0.3, -0.25) is 0 Å². The average Bonchev–Trinajstić information content (AvgIpc) is 2.40. The predicted molar refractivity (Wildman–Crippen MR) is 69.1 cm³/mol. The first-order valence-corrected chi connectivity index (χ1v) is 6.29. The SMILES string of the molecule is CCOc1cc(N2CCOC(CNC)C2)ncn1. The van der Waals surface area contributed by atoms with E-state index in [1.165, 1.54) is 0 Å². The lowest BCUT2D eigenvalue weighted by atomic mass is 10.2. The fourth-order valence-electron chi connectivity index (χ4n) is 2.01. The average molecular weight is 252 g/mol. The molecule has 1 aromatic rings. The molecule has 1 aliphatic rings. The number of nitrogens with one attached hydrogen (secondary N) is 1. The summed E-state index contributed by atoms with van der Waals surface area (Å²) in [6.45, 7) is 5.81. The molecule has 2 rings (SSSR count). The Hall–Kier alpha value is -1.40. The molecule has 2 heterocycles. The van der Waals surface area contributed by atoms with Crippen molar-refractivity contribution >= 4 is 5.82 Å². The number of hydrogen-bond donors (Lipinski definition) is 1. The Labute approximate surface area is 107 Å². The molecule has 1 unspecified atom stereocenters. The molecule has 1 aromatic heterocycles. The van der Waals surface area contributed by atoms with E-state index in [9.17, 15) is 0 Å². The molecule has 0 radical (unpaired) electrons. The van der Waals surface area contributed by atoms with Gasteiger partial charge < -0.3 is 19.7 Å². The Morgan fingerprint density at radius 2 is 2.44 bits per heavy atom. The molecule has 0 aromatic carbocycles. The van der Waals surface area contributed by atoms with Crippen LogP contribution >= 0.6 is 0 Å². The topological polar surface area (TPSA) is 59.5 Å². The third kappa shape index (κ3) is 3.30. The predicted octanol–water partition coefficient (Wildman–Crippen LogP) is 0.300. The Kier molecular flexibility index (Phi) is 4.72. The van der Waals surface area contributed by atoms with E-state index in [4.69, 9.17) is 9.47 Å². The zero-order chi connectivity index (χ0) is 12.8. The van der Waals surface area contributed by atoms with Crippen molar-refractivity contribution < 1.29 is 9.47 Å². The van der Waals surface area contributed by atoms with Gasteiger partial charge in [0.2, 0.25) is 5.88 Å². The van der Waals surface area contributed by atoms with Crippen molar-refractivity contribution in [3.8, 4) is 5.88 Å². The van der Waals surface area contributed by atoms with E-state index in [1.807, 2.05) is 20.0 Å². The van der Waals surface area contributed by atoms with Gasteiger partial charge in [-0.05, 0) is 14.0 Å². The summed E-state index contributed by atoms with van der Waals surface area (Å²) in [5, 5.41) is 3.13. The van der Waals surface area contributed by atoms with Crippen LogP contribution in [0.3, 0.4) is 0 Å². The molecule has 1 atom stereocenters. The van der Waals surface area contributed by atoms with Gasteiger partial charge in [-0.2, -0.15) is 0 Å². The summed E-state index contributed by atoms with van der Waals surface area (Å²) < 4.78 is 11.1. The van der Waals surface area contributed by atoms with Crippen molar-refractivity contribution in [1.82, 2.24) is 15.3 Å². The van der Waals surface area contributed by atoms with Crippen LogP contribution in [0.1, 0.15) is 6.92 Å². The molecule has 1 aliphatic heterocycles. The molecule has 18 heavy (non-hydrogen) atoms. The number of ether oxygens (including phenoxy) is 2. The molecule has 1 fully saturated rings. The van der Waals surface area contributed by atoms with Crippen LogP contribution in [0.2, 0.25) is 0 Å². The van der Waals surface area contributed by atoms with Crippen LogP contribution in [0.25, 0.3) is 0 Å². The second-order valence-electron chi connectivity index (χ2n) is 4.14. The summed E-state index contributed by atoms with van der Waals surface area (Å²) in [5.41, 5.74) is 0. The summed E-state index contributed by atoms with van der Waals surface area (Å²) in [4.78, 5) is 10.6. The zero-order valence-electron chi connectivity index (χ0n) is 10.9. The lowest BCUT2D eigenvalue weighted by Gasteiger charge is -2.33. The zero-order valence-corrected chi connectivity index (χ0v) is 10.9. The summed E-state index contributed by atoms with van der Waals surface area (Å²) in [5.74, 6) is 1.53. The van der Waals surface area contributed by atoms with Gasteiger partial charge >= 0.3 is 0 Å². The first-order chi connectivity index (χ1) is 8.83. The van der Waals surface area contributed by atoms with E-state index in [1.54, 1.807) is 6.33 Å². The molecule has 6 nitrogen and oxygen atoms in total. The highest BCUT2D eigenvalue weighted by molar-refractivity contribution is 5.41. The fraction of sp³-hybridized carbons (Fsp3) is 0.667. The Bertz CT molecular complexity index is 373. The minimum Gasteiger partial charge on any atom is -0.478 e. The summed E-state index contributed by atoms with van der Waals surface area (Å²) in [6, 6.07) is 1.88. The van der Waals surface area contributed by atoms with Crippen LogP contribution in [0.4, 0.5) is 5.82 Å². The number of rotatable bonds is 5. The molecular weight excluding hydrogens is 232 g/mol. The largest absolute Gasteiger partial charge is 0.478 e. The Balaban J connectivity index is 2.03. The minimum absolute atomic E-state index is 0.203. The van der Waals surface area contributed by atoms with E-state index in [0.29, 0.717) is 12.5 Å². The monoisotopic (exact) mass is 252 g/mol. The molecule has 0 amide bonds. The van der Waals surface area contributed by atoms with Crippen molar-refractivity contribution in [3.63, 3.8) is 0 Å². The van der Waals surface area contributed by atoms with Gasteiger partial charge in [0.05, 0.1) is 19.3 Å². The molecule has 1 saturated heterocycles. The van der Waals surface area contributed by atoms with Crippen molar-refractivity contribution in [2.75, 3.05) is 44.8 Å². The van der Waals surface area contributed by atoms with E-state index in [0.717, 1.165) is 32.1 Å². The first kappa shape index (κ1) is 13.0. The molecule has 1 N–H and O–H groups in total. The number of nitrogens with zero attached hydrogens (tertiary/aromatic N) is 3. The number of aromatic nitrogens is 2. The molecule has 100 valence electrons. The minimum atomic E-state index is 0.203. The van der Waals surface area contributed by atoms with E-state index < -0.39 is 0 Å². The van der Waals surface area contributed by atoms with Crippen LogP contribution < -0.4 is 15.0 Å². The quantitative estimate of drug-likeness (QED) is 0.813. The normalized spacial score (nSPS) is 19.9. The first-order valence-electron chi connectivity index (χ1n) is 6.29. The van der Waals surface area contributed by atoms with E-state index in [-0.39, 0.29) is 6.10 Å². The van der Waals surface area contributed by atoms with Gasteiger partial charge in [-0.25, -0.2) is 9.97 Å². The van der Waals surface area contributed by atoms with Crippen LogP contribution in [0.15, 0.2) is 12.4 Å². The molecule has 6 heteroatoms. The van der Waals surface area contributed by atoms with E-state index in [2.05, 4.69) is 20.2 Å². The van der Waals surface area contributed by atoms with Gasteiger partial charge in [0, 0.05) is 25.7 Å². The maximum Gasteiger partial charge on any atom is 0.218 e. The second kappa shape index (κ2) is 6.51. The third-order valence-corrected chi connectivity index (χ3v) is 2.81. The Morgan fingerprint density at radius 3 is 3.22 bits per heavy atom. The summed E-state index contributed by atoms with van der Waals surface area (Å²) >= 11 is 0. The number of hydrogen-bond acceptors (Lipinski definition) is 6. The Morgan fingerprint density at radius 1 is 1.56 bits per heavy atom. The lowest BCUT2D eigenvalue weighted by Crippen LogP contribution is -2.46. The summed E-state index contributed by atoms with van der Waals surface area (Å²) in [7, 11) is 1.93. The number of morpholine rings is 1. The van der Waals surface area contributed by atoms with Gasteiger partial charge in [-0.1, -0.05) is 0 Å². The standard InChI is InChI=1S/C12H20N4O2/c1-3-17-12-6-11(14-9-15-12)16-4-5-18-10(8-16)7-13-2/h6,9-10,13H,3-5,7-8H2,1-2H3. The van der Waals surface area contributed by atoms with Crippen LogP contribution in [-0.2, 0) is 4.74 Å². The smallest absolute Gasteiger partial charge is 0.218 e. The lowest BCUT2D eigenvalue weighted by molar-refractivity contribution is 0.0419. The second-order valence-corrected chi connectivity index (χ2v) is 4.14. The van der Waals surface area contributed by atoms with Gasteiger partial charge in [0.25, 0.3) is 0 Å². The maximum atomic E-state index is 5.67. The van der Waals surface area contributed by atoms with Crippen LogP contribution in [0, 0.1) is 0 Å². The van der Waals surface area contributed by atoms with Gasteiger partial charge in [0.1, 0.15) is 12.1 Å². The van der Waals surface area contributed by atoms with Crippen molar-refractivity contribution in [2.45, 2.75) is 13.0 Å².